The summed E-state index contributed by atoms with van der Waals surface area (Å²) in [6.07, 6.45) is 2.64. The summed E-state index contributed by atoms with van der Waals surface area (Å²) < 4.78 is 11.0. The van der Waals surface area contributed by atoms with Crippen LogP contribution in [0.4, 0.5) is 5.82 Å². The highest BCUT2D eigenvalue weighted by atomic mass is 16.5. The Morgan fingerprint density at radius 1 is 0.973 bits per heavy atom. The van der Waals surface area contributed by atoms with E-state index >= 15 is 0 Å². The lowest BCUT2D eigenvalue weighted by molar-refractivity contribution is -0.116. The summed E-state index contributed by atoms with van der Waals surface area (Å²) >= 11 is 0. The van der Waals surface area contributed by atoms with E-state index in [2.05, 4.69) is 15.6 Å². The monoisotopic (exact) mass is 495 g/mol. The largest absolute Gasteiger partial charge is 0.497 e. The lowest BCUT2D eigenvalue weighted by Crippen LogP contribution is -2.37. The van der Waals surface area contributed by atoms with Crippen molar-refractivity contribution < 1.29 is 19.1 Å². The molecule has 0 spiro atoms. The number of nitrogens with zero attached hydrogens (tertiary/aromatic N) is 1. The zero-order valence-corrected chi connectivity index (χ0v) is 21.1. The maximum Gasteiger partial charge on any atom is 0.255 e. The van der Waals surface area contributed by atoms with Crippen LogP contribution >= 0.6 is 0 Å². The average Bonchev–Trinajstić information content (AvgIpc) is 2.92. The molecular weight excluding hydrogens is 466 g/mol. The van der Waals surface area contributed by atoms with Gasteiger partial charge in [0.15, 0.2) is 5.78 Å². The Kier molecular flexibility index (Phi) is 6.77. The standard InChI is InChI=1S/C30H29N3O4/c1-18-27(30(35)33-26-10-6-7-15-31-26)28(22-8-4-5-9-25(22)37-3)29-23(32-18)16-20(17-24(29)34)19-11-13-21(36-2)14-12-19/h4-15,20,28,32H,16-17H2,1-3H3,(H,31,33,35). The predicted molar refractivity (Wildman–Crippen MR) is 141 cm³/mol. The van der Waals surface area contributed by atoms with Gasteiger partial charge in [-0.1, -0.05) is 36.4 Å². The molecule has 0 saturated carbocycles. The van der Waals surface area contributed by atoms with Crippen LogP contribution in [0.2, 0.25) is 0 Å². The number of benzene rings is 2. The number of anilines is 1. The zero-order valence-electron chi connectivity index (χ0n) is 21.1. The van der Waals surface area contributed by atoms with E-state index in [1.807, 2.05) is 61.5 Å². The number of ketones is 1. The Balaban J connectivity index is 1.57. The van der Waals surface area contributed by atoms with Crippen LogP contribution in [0.3, 0.4) is 0 Å². The van der Waals surface area contributed by atoms with Gasteiger partial charge < -0.3 is 20.1 Å². The van der Waals surface area contributed by atoms with Gasteiger partial charge in [0.25, 0.3) is 5.91 Å². The molecule has 188 valence electrons. The molecule has 7 nitrogen and oxygen atoms in total. The molecule has 2 aromatic carbocycles. The SMILES string of the molecule is COc1ccc(C2CC(=O)C3=C(C2)NC(C)=C(C(=O)Nc2ccccn2)C3c2ccccc2OC)cc1. The van der Waals surface area contributed by atoms with Crippen molar-refractivity contribution >= 4 is 17.5 Å². The van der Waals surface area contributed by atoms with Crippen LogP contribution in [-0.4, -0.2) is 30.9 Å². The van der Waals surface area contributed by atoms with Crippen molar-refractivity contribution in [1.82, 2.24) is 10.3 Å². The summed E-state index contributed by atoms with van der Waals surface area (Å²) in [5, 5.41) is 6.32. The van der Waals surface area contributed by atoms with E-state index in [1.54, 1.807) is 32.5 Å². The number of hydrogen-bond donors (Lipinski definition) is 2. The van der Waals surface area contributed by atoms with Crippen LogP contribution in [-0.2, 0) is 9.59 Å². The molecule has 0 bridgehead atoms. The lowest BCUT2D eigenvalue weighted by Gasteiger charge is -2.37. The summed E-state index contributed by atoms with van der Waals surface area (Å²) in [4.78, 5) is 31.7. The van der Waals surface area contributed by atoms with Crippen LogP contribution in [0.1, 0.15) is 42.7 Å². The summed E-state index contributed by atoms with van der Waals surface area (Å²) in [5.41, 5.74) is 4.50. The van der Waals surface area contributed by atoms with Crippen molar-refractivity contribution in [2.75, 3.05) is 19.5 Å². The lowest BCUT2D eigenvalue weighted by atomic mass is 9.71. The fourth-order valence-corrected chi connectivity index (χ4v) is 5.29. The van der Waals surface area contributed by atoms with Crippen molar-refractivity contribution in [2.45, 2.75) is 31.6 Å². The third-order valence-corrected chi connectivity index (χ3v) is 7.02. The topological polar surface area (TPSA) is 89.5 Å². The number of carbonyl (C=O) groups is 2. The first-order valence-corrected chi connectivity index (χ1v) is 12.2. The van der Waals surface area contributed by atoms with E-state index in [1.165, 1.54) is 0 Å². The molecule has 2 atom stereocenters. The number of allylic oxidation sites excluding steroid dienone is 3. The summed E-state index contributed by atoms with van der Waals surface area (Å²) in [7, 11) is 3.23. The highest BCUT2D eigenvalue weighted by Gasteiger charge is 2.42. The highest BCUT2D eigenvalue weighted by molar-refractivity contribution is 6.09. The number of hydrogen-bond acceptors (Lipinski definition) is 6. The van der Waals surface area contributed by atoms with E-state index in [4.69, 9.17) is 9.47 Å². The van der Waals surface area contributed by atoms with Gasteiger partial charge in [0, 0.05) is 40.7 Å². The van der Waals surface area contributed by atoms with E-state index in [0.29, 0.717) is 41.3 Å². The van der Waals surface area contributed by atoms with Gasteiger partial charge in [-0.05, 0) is 55.2 Å². The Bertz CT molecular complexity index is 1390. The number of Topliss-reactive ketones (excluding diaryl/α,β-unsaturated/α-hetero) is 1. The molecule has 3 aromatic rings. The number of ether oxygens (including phenoxy) is 2. The second-order valence-electron chi connectivity index (χ2n) is 9.20. The number of rotatable bonds is 6. The van der Waals surface area contributed by atoms with Crippen LogP contribution in [0, 0.1) is 0 Å². The predicted octanol–water partition coefficient (Wildman–Crippen LogP) is 5.10. The maximum atomic E-state index is 13.8. The summed E-state index contributed by atoms with van der Waals surface area (Å²) in [6.45, 7) is 1.88. The fraction of sp³-hybridized carbons (Fsp3) is 0.233. The Morgan fingerprint density at radius 2 is 1.73 bits per heavy atom. The van der Waals surface area contributed by atoms with Crippen molar-refractivity contribution in [1.29, 1.82) is 0 Å². The molecule has 0 radical (unpaired) electrons. The van der Waals surface area contributed by atoms with Crippen LogP contribution < -0.4 is 20.1 Å². The normalized spacial score (nSPS) is 19.2. The number of pyridine rings is 1. The summed E-state index contributed by atoms with van der Waals surface area (Å²) in [5.74, 6) is 1.01. The number of aromatic nitrogens is 1. The molecule has 1 aliphatic heterocycles. The number of nitrogens with one attached hydrogen (secondary N) is 2. The molecule has 2 unspecified atom stereocenters. The molecule has 7 heteroatoms. The number of methoxy groups -OCH3 is 2. The number of dihydropyridines is 1. The van der Waals surface area contributed by atoms with Gasteiger partial charge in [0.2, 0.25) is 0 Å². The van der Waals surface area contributed by atoms with Gasteiger partial charge in [-0.3, -0.25) is 9.59 Å². The minimum absolute atomic E-state index is 0.0149. The van der Waals surface area contributed by atoms with Crippen LogP contribution in [0.15, 0.2) is 95.5 Å². The molecule has 5 rings (SSSR count). The smallest absolute Gasteiger partial charge is 0.255 e. The molecule has 2 N–H and O–H groups in total. The average molecular weight is 496 g/mol. The highest BCUT2D eigenvalue weighted by Crippen LogP contribution is 2.47. The minimum Gasteiger partial charge on any atom is -0.497 e. The Hall–Kier alpha value is -4.39. The molecule has 37 heavy (non-hydrogen) atoms. The zero-order chi connectivity index (χ0) is 25.9. The fourth-order valence-electron chi connectivity index (χ4n) is 5.29. The van der Waals surface area contributed by atoms with Crippen LogP contribution in [0.5, 0.6) is 11.5 Å². The maximum absolute atomic E-state index is 13.8. The molecule has 1 amide bonds. The van der Waals surface area contributed by atoms with E-state index in [-0.39, 0.29) is 17.6 Å². The van der Waals surface area contributed by atoms with Crippen molar-refractivity contribution in [3.63, 3.8) is 0 Å². The third-order valence-electron chi connectivity index (χ3n) is 7.02. The summed E-state index contributed by atoms with van der Waals surface area (Å²) in [6, 6.07) is 20.7. The quantitative estimate of drug-likeness (QED) is 0.495. The first kappa shape index (κ1) is 24.3. The molecule has 0 saturated heterocycles. The van der Waals surface area contributed by atoms with E-state index < -0.39 is 5.92 Å². The molecule has 1 aliphatic carbocycles. The van der Waals surface area contributed by atoms with Gasteiger partial charge in [-0.15, -0.1) is 0 Å². The van der Waals surface area contributed by atoms with Gasteiger partial charge in [-0.2, -0.15) is 0 Å². The Labute approximate surface area is 216 Å². The van der Waals surface area contributed by atoms with E-state index in [0.717, 1.165) is 22.6 Å². The minimum atomic E-state index is -0.569. The molecule has 0 fully saturated rings. The van der Waals surface area contributed by atoms with Crippen molar-refractivity contribution in [2.24, 2.45) is 0 Å². The molecule has 1 aromatic heterocycles. The van der Waals surface area contributed by atoms with Crippen molar-refractivity contribution in [3.05, 3.63) is 107 Å². The molecule has 2 aliphatic rings. The molecular formula is C30H29N3O4. The second kappa shape index (κ2) is 10.3. The molecule has 2 heterocycles. The number of para-hydroxylation sites is 1. The number of carbonyl (C=O) groups excluding carboxylic acids is 2. The van der Waals surface area contributed by atoms with Crippen molar-refractivity contribution in [3.8, 4) is 11.5 Å². The van der Waals surface area contributed by atoms with E-state index in [9.17, 15) is 9.59 Å². The van der Waals surface area contributed by atoms with Gasteiger partial charge >= 0.3 is 0 Å². The first-order chi connectivity index (χ1) is 18.0. The first-order valence-electron chi connectivity index (χ1n) is 12.2. The van der Waals surface area contributed by atoms with Gasteiger partial charge in [-0.25, -0.2) is 4.98 Å². The second-order valence-corrected chi connectivity index (χ2v) is 9.20. The Morgan fingerprint density at radius 3 is 2.43 bits per heavy atom. The third kappa shape index (κ3) is 4.72. The van der Waals surface area contributed by atoms with Gasteiger partial charge in [0.1, 0.15) is 17.3 Å². The van der Waals surface area contributed by atoms with Crippen LogP contribution in [0.25, 0.3) is 0 Å². The number of amides is 1. The van der Waals surface area contributed by atoms with Gasteiger partial charge in [0.05, 0.1) is 20.1 Å².